The molecule has 0 aromatic heterocycles. The third-order valence-electron chi connectivity index (χ3n) is 0. The summed E-state index contributed by atoms with van der Waals surface area (Å²) in [5.74, 6) is -3.33. The fourth-order valence-corrected chi connectivity index (χ4v) is 0. The van der Waals surface area contributed by atoms with Crippen LogP contribution in [0.5, 0.6) is 0 Å². The first-order chi connectivity index (χ1) is 8.93. The van der Waals surface area contributed by atoms with Crippen LogP contribution >= 0.6 is 0 Å². The van der Waals surface area contributed by atoms with E-state index < -0.39 is 37.5 Å². The zero-order valence-corrected chi connectivity index (χ0v) is 19.0. The molecule has 2 radical (unpaired) electrons. The molecule has 134 valence electrons. The van der Waals surface area contributed by atoms with Crippen LogP contribution < -0.4 is 0 Å². The van der Waals surface area contributed by atoms with Gasteiger partial charge >= 0.3 is 56.8 Å². The van der Waals surface area contributed by atoms with Gasteiger partial charge in [0.25, 0.3) is 23.9 Å². The van der Waals surface area contributed by atoms with E-state index in [2.05, 4.69) is 0 Å². The van der Waals surface area contributed by atoms with Crippen LogP contribution in [0, 0.1) is 0 Å². The zero-order valence-electron chi connectivity index (χ0n) is 12.2. The van der Waals surface area contributed by atoms with Crippen molar-refractivity contribution >= 4 is 51.2 Å². The van der Waals surface area contributed by atoms with Crippen molar-refractivity contribution < 1.29 is 69.1 Å². The van der Waals surface area contributed by atoms with Crippen molar-refractivity contribution in [1.82, 2.24) is 0 Å². The molecular weight excluding hydrogens is 547 g/mol. The number of hydrogen-bond donors (Lipinski definition) is 6. The van der Waals surface area contributed by atoms with E-state index in [4.69, 9.17) is 55.5 Å². The molecule has 0 aromatic carbocycles. The summed E-state index contributed by atoms with van der Waals surface area (Å²) >= 11 is -5.25. The molecular formula is C8H20CrO12Pb. The molecule has 6 N–H and O–H groups in total. The van der Waals surface area contributed by atoms with Crippen LogP contribution in [0.3, 0.4) is 0 Å². The van der Waals surface area contributed by atoms with Crippen LogP contribution in [0.1, 0.15) is 27.7 Å². The number of carboxylic acids is 4. The van der Waals surface area contributed by atoms with E-state index in [1.165, 1.54) is 0 Å². The normalized spacial score (nSPS) is 7.18. The molecule has 22 heavy (non-hydrogen) atoms. The monoisotopic (exact) mass is 568 g/mol. The molecule has 0 bridgehead atoms. The number of aliphatic carboxylic acids is 4. The van der Waals surface area contributed by atoms with Crippen LogP contribution in [-0.2, 0) is 40.4 Å². The van der Waals surface area contributed by atoms with E-state index in [1.54, 1.807) is 0 Å². The topological polar surface area (TPSA) is 224 Å². The SMILES string of the molecule is CC(=O)O.CC(=O)O.CC(=O)O.CC(=O)O.[O]=[Cr](=[O])([OH])[OH].[PbH2]. The molecule has 0 atom stereocenters. The quantitative estimate of drug-likeness (QED) is 0.177. The summed E-state index contributed by atoms with van der Waals surface area (Å²) in [6, 6.07) is 0. The molecule has 0 rings (SSSR count). The first-order valence-electron chi connectivity index (χ1n) is 4.41. The van der Waals surface area contributed by atoms with E-state index in [-0.39, 0.29) is 27.3 Å². The van der Waals surface area contributed by atoms with Crippen molar-refractivity contribution in [3.63, 3.8) is 0 Å². The molecule has 0 saturated heterocycles. The van der Waals surface area contributed by atoms with E-state index in [1.807, 2.05) is 0 Å². The van der Waals surface area contributed by atoms with Gasteiger partial charge in [-0.1, -0.05) is 0 Å². The Morgan fingerprint density at radius 1 is 0.591 bits per heavy atom. The van der Waals surface area contributed by atoms with Gasteiger partial charge in [0.1, 0.15) is 0 Å². The first-order valence-corrected chi connectivity index (χ1v) is 6.59. The summed E-state index contributed by atoms with van der Waals surface area (Å²) in [6.45, 7) is 4.33. The van der Waals surface area contributed by atoms with Gasteiger partial charge in [0.05, 0.1) is 0 Å². The molecule has 12 nitrogen and oxygen atoms in total. The molecule has 0 fully saturated rings. The Morgan fingerprint density at radius 3 is 0.591 bits per heavy atom. The van der Waals surface area contributed by atoms with Crippen molar-refractivity contribution in [2.75, 3.05) is 0 Å². The molecule has 0 spiro atoms. The predicted octanol–water partition coefficient (Wildman–Crippen LogP) is -1.91. The van der Waals surface area contributed by atoms with Gasteiger partial charge in [0.2, 0.25) is 0 Å². The first kappa shape index (κ1) is 37.3. The molecule has 0 aliphatic carbocycles. The summed E-state index contributed by atoms with van der Waals surface area (Å²) in [7, 11) is 0. The van der Waals surface area contributed by atoms with Crippen molar-refractivity contribution in [2.24, 2.45) is 0 Å². The van der Waals surface area contributed by atoms with Gasteiger partial charge in [-0.2, -0.15) is 0 Å². The fraction of sp³-hybridized carbons (Fsp3) is 0.500. The summed E-state index contributed by atoms with van der Waals surface area (Å²) in [5, 5.41) is 29.7. The maximum atomic E-state index is 9.00. The van der Waals surface area contributed by atoms with E-state index in [0.717, 1.165) is 27.7 Å². The Morgan fingerprint density at radius 2 is 0.591 bits per heavy atom. The van der Waals surface area contributed by atoms with Gasteiger partial charge in [-0.25, -0.2) is 0 Å². The standard InChI is InChI=1S/4C2H4O2.Cr.2H2O.2O.Pb.2H/c4*1-2(3)4;;;;;;;;/h4*1H3,(H,3,4);;2*1H2;;;;;/q;;;;+2;;;;;;;/p-2. The Labute approximate surface area is 147 Å². The maximum absolute atomic E-state index is 9.00. The van der Waals surface area contributed by atoms with Crippen LogP contribution in [-0.4, -0.2) is 79.9 Å². The second kappa shape index (κ2) is 24.8. The zero-order chi connectivity index (χ0) is 18.8. The number of rotatable bonds is 0. The Hall–Kier alpha value is -1.15. The third-order valence-corrected chi connectivity index (χ3v) is 0. The van der Waals surface area contributed by atoms with Crippen molar-refractivity contribution in [1.29, 1.82) is 0 Å². The fourth-order valence-electron chi connectivity index (χ4n) is 0. The third kappa shape index (κ3) is 4580. The molecule has 0 aliphatic rings. The van der Waals surface area contributed by atoms with Gasteiger partial charge in [-0.15, -0.1) is 0 Å². The van der Waals surface area contributed by atoms with Gasteiger partial charge in [0.15, 0.2) is 0 Å². The van der Waals surface area contributed by atoms with Gasteiger partial charge in [0, 0.05) is 27.7 Å². The molecule has 0 aromatic rings. The summed E-state index contributed by atoms with van der Waals surface area (Å²) in [5.41, 5.74) is 0. The average Bonchev–Trinajstić information content (AvgIpc) is 1.91. The number of hydrogen-bond acceptors (Lipinski definition) is 6. The van der Waals surface area contributed by atoms with Gasteiger partial charge in [-0.05, 0) is 0 Å². The van der Waals surface area contributed by atoms with Gasteiger partial charge in [-0.3, -0.25) is 19.2 Å². The molecule has 0 heterocycles. The molecule has 14 heteroatoms. The van der Waals surface area contributed by atoms with Crippen molar-refractivity contribution in [2.45, 2.75) is 27.7 Å². The summed E-state index contributed by atoms with van der Waals surface area (Å²) < 4.78 is 31.9. The second-order valence-electron chi connectivity index (χ2n) is 2.52. The van der Waals surface area contributed by atoms with E-state index in [9.17, 15) is 0 Å². The number of carboxylic acid groups (broad SMARTS) is 4. The Bertz CT molecular complexity index is 329. The minimum absolute atomic E-state index is 0. The van der Waals surface area contributed by atoms with Crippen LogP contribution in [0.25, 0.3) is 0 Å². The molecule has 0 saturated carbocycles. The second-order valence-corrected chi connectivity index (χ2v) is 3.92. The number of carbonyl (C=O) groups is 4. The van der Waals surface area contributed by atoms with Crippen LogP contribution in [0.2, 0.25) is 0 Å². The van der Waals surface area contributed by atoms with E-state index >= 15 is 0 Å². The van der Waals surface area contributed by atoms with Gasteiger partial charge < -0.3 is 20.4 Å². The van der Waals surface area contributed by atoms with Crippen LogP contribution in [0.15, 0.2) is 0 Å². The predicted molar refractivity (Wildman–Crippen MR) is 67.6 cm³/mol. The van der Waals surface area contributed by atoms with E-state index in [0.29, 0.717) is 0 Å². The summed E-state index contributed by atoms with van der Waals surface area (Å²) in [4.78, 5) is 36.0. The molecule has 0 aliphatic heterocycles. The Kier molecular flexibility index (Phi) is 42.1. The molecule has 0 amide bonds. The average molecular weight is 567 g/mol. The molecule has 0 unspecified atom stereocenters. The Balaban J connectivity index is -0.0000000361. The van der Waals surface area contributed by atoms with Crippen molar-refractivity contribution in [3.8, 4) is 0 Å². The van der Waals surface area contributed by atoms with Crippen molar-refractivity contribution in [3.05, 3.63) is 0 Å². The minimum atomic E-state index is -5.25. The van der Waals surface area contributed by atoms with Crippen LogP contribution in [0.4, 0.5) is 0 Å². The summed E-state index contributed by atoms with van der Waals surface area (Å²) in [6.07, 6.45) is 0.